The van der Waals surface area contributed by atoms with E-state index in [1.165, 1.54) is 29.8 Å². The number of carbonyl (C=O) groups excluding carboxylic acids is 2. The number of aliphatic hydroxyl groups excluding tert-OH is 1. The first kappa shape index (κ1) is 31.0. The lowest BCUT2D eigenvalue weighted by atomic mass is 9.95. The Balaban J connectivity index is 1.31. The summed E-state index contributed by atoms with van der Waals surface area (Å²) in [6.07, 6.45) is 0. The minimum atomic E-state index is -0.986. The number of aromatic nitrogens is 2. The molecule has 11 heteroatoms. The Morgan fingerprint density at radius 1 is 0.913 bits per heavy atom. The van der Waals surface area contributed by atoms with Crippen LogP contribution >= 0.6 is 23.1 Å². The van der Waals surface area contributed by atoms with Gasteiger partial charge in [0, 0.05) is 11.3 Å². The number of hydrogen-bond donors (Lipinski definition) is 1. The number of ether oxygens (including phenoxy) is 2. The van der Waals surface area contributed by atoms with Crippen molar-refractivity contribution < 1.29 is 28.6 Å². The second-order valence-corrected chi connectivity index (χ2v) is 12.6. The van der Waals surface area contributed by atoms with E-state index in [1.807, 2.05) is 31.2 Å². The number of nitrogens with zero attached hydrogens (tertiary/aromatic N) is 3. The maximum absolute atomic E-state index is 14.2. The van der Waals surface area contributed by atoms with E-state index >= 15 is 0 Å². The van der Waals surface area contributed by atoms with Gasteiger partial charge in [0.1, 0.15) is 29.7 Å². The Bertz CT molecular complexity index is 1930. The molecule has 0 aliphatic carbocycles. The van der Waals surface area contributed by atoms with E-state index in [-0.39, 0.29) is 22.3 Å². The first-order chi connectivity index (χ1) is 22.3. The number of thioether (sulfide) groups is 1. The van der Waals surface area contributed by atoms with Crippen LogP contribution < -0.4 is 14.4 Å². The van der Waals surface area contributed by atoms with Gasteiger partial charge in [-0.05, 0) is 71.6 Å². The fraction of sp³-hybridized carbons (Fsp3) is 0.143. The summed E-state index contributed by atoms with van der Waals surface area (Å²) in [6.45, 7) is 2.39. The quantitative estimate of drug-likeness (QED) is 0.0544. The van der Waals surface area contributed by atoms with Gasteiger partial charge in [0.05, 0.1) is 18.7 Å². The van der Waals surface area contributed by atoms with Gasteiger partial charge in [-0.3, -0.25) is 14.5 Å². The Morgan fingerprint density at radius 3 is 2.28 bits per heavy atom. The zero-order chi connectivity index (χ0) is 32.2. The second kappa shape index (κ2) is 13.6. The zero-order valence-electron chi connectivity index (χ0n) is 24.8. The summed E-state index contributed by atoms with van der Waals surface area (Å²) in [7, 11) is 1.54. The summed E-state index contributed by atoms with van der Waals surface area (Å²) in [5, 5.41) is 20.1. The van der Waals surface area contributed by atoms with E-state index in [2.05, 4.69) is 10.2 Å². The Hall–Kier alpha value is -5.00. The van der Waals surface area contributed by atoms with Crippen LogP contribution in [-0.2, 0) is 21.9 Å². The third kappa shape index (κ3) is 6.37. The van der Waals surface area contributed by atoms with Crippen LogP contribution in [0.4, 0.5) is 9.52 Å². The SMILES string of the molecule is COc1ccc(C2C(=C(O)c3ccc(OCc4ccccc4C)cc3)C(=O)C(=O)N2c2nnc(SCc3ccccc3F)s2)cc1. The third-order valence-corrected chi connectivity index (χ3v) is 9.67. The van der Waals surface area contributed by atoms with Gasteiger partial charge >= 0.3 is 5.91 Å². The summed E-state index contributed by atoms with van der Waals surface area (Å²) >= 11 is 2.38. The number of anilines is 1. The fourth-order valence-corrected chi connectivity index (χ4v) is 6.90. The molecule has 232 valence electrons. The molecule has 1 N–H and O–H groups in total. The highest BCUT2D eigenvalue weighted by Crippen LogP contribution is 2.44. The number of halogens is 1. The van der Waals surface area contributed by atoms with Crippen molar-refractivity contribution in [1.29, 1.82) is 0 Å². The monoisotopic (exact) mass is 653 g/mol. The average molecular weight is 654 g/mol. The number of aliphatic hydroxyl groups is 1. The molecule has 8 nitrogen and oxygen atoms in total. The maximum atomic E-state index is 14.2. The molecule has 1 atom stereocenters. The molecule has 4 aromatic carbocycles. The predicted octanol–water partition coefficient (Wildman–Crippen LogP) is 7.49. The van der Waals surface area contributed by atoms with Crippen molar-refractivity contribution in [1.82, 2.24) is 10.2 Å². The van der Waals surface area contributed by atoms with Crippen molar-refractivity contribution in [2.24, 2.45) is 0 Å². The molecule has 1 unspecified atom stereocenters. The zero-order valence-corrected chi connectivity index (χ0v) is 26.5. The molecule has 0 spiro atoms. The molecule has 6 rings (SSSR count). The molecule has 1 saturated heterocycles. The van der Waals surface area contributed by atoms with E-state index in [0.717, 1.165) is 22.5 Å². The van der Waals surface area contributed by atoms with Gasteiger partial charge in [0.15, 0.2) is 4.34 Å². The number of amides is 1. The Kier molecular flexibility index (Phi) is 9.13. The molecular weight excluding hydrogens is 626 g/mol. The molecule has 5 aromatic rings. The standard InChI is InChI=1S/C35H28FN3O5S2/c1-21-7-3-4-8-24(21)19-44-27-17-13-23(14-18-27)31(40)29-30(22-11-15-26(43-2)16-12-22)39(33(42)32(29)41)34-37-38-35(46-34)45-20-25-9-5-6-10-28(25)36/h3-18,30,40H,19-20H2,1-2H3. The van der Waals surface area contributed by atoms with Crippen molar-refractivity contribution >= 4 is 45.7 Å². The van der Waals surface area contributed by atoms with Crippen LogP contribution in [-0.4, -0.2) is 34.1 Å². The Labute approximate surface area is 273 Å². The minimum absolute atomic E-state index is 0.0838. The minimum Gasteiger partial charge on any atom is -0.507 e. The molecule has 1 aromatic heterocycles. The van der Waals surface area contributed by atoms with Crippen molar-refractivity contribution in [3.05, 3.63) is 136 Å². The van der Waals surface area contributed by atoms with Gasteiger partial charge in [-0.25, -0.2) is 4.39 Å². The highest BCUT2D eigenvalue weighted by atomic mass is 32.2. The molecule has 0 bridgehead atoms. The number of carbonyl (C=O) groups is 2. The van der Waals surface area contributed by atoms with Gasteiger partial charge in [-0.1, -0.05) is 77.7 Å². The molecule has 0 radical (unpaired) electrons. The van der Waals surface area contributed by atoms with E-state index in [4.69, 9.17) is 9.47 Å². The van der Waals surface area contributed by atoms with E-state index < -0.39 is 17.7 Å². The van der Waals surface area contributed by atoms with Crippen molar-refractivity contribution in [2.45, 2.75) is 29.7 Å². The van der Waals surface area contributed by atoms with Gasteiger partial charge in [0.25, 0.3) is 5.78 Å². The predicted molar refractivity (Wildman–Crippen MR) is 176 cm³/mol. The third-order valence-electron chi connectivity index (χ3n) is 7.57. The summed E-state index contributed by atoms with van der Waals surface area (Å²) in [6, 6.07) is 27.0. The summed E-state index contributed by atoms with van der Waals surface area (Å²) in [4.78, 5) is 28.4. The fourth-order valence-electron chi connectivity index (χ4n) is 5.04. The lowest BCUT2D eigenvalue weighted by Gasteiger charge is -2.22. The van der Waals surface area contributed by atoms with E-state index in [1.54, 1.807) is 66.7 Å². The summed E-state index contributed by atoms with van der Waals surface area (Å²) in [5.41, 5.74) is 3.51. The Morgan fingerprint density at radius 2 is 1.59 bits per heavy atom. The average Bonchev–Trinajstić information content (AvgIpc) is 3.65. The number of hydrogen-bond acceptors (Lipinski definition) is 9. The number of methoxy groups -OCH3 is 1. The lowest BCUT2D eigenvalue weighted by Crippen LogP contribution is -2.29. The van der Waals surface area contributed by atoms with Crippen molar-refractivity contribution in [3.8, 4) is 11.5 Å². The molecular formula is C35H28FN3O5S2. The lowest BCUT2D eigenvalue weighted by molar-refractivity contribution is -0.132. The molecule has 1 aliphatic rings. The van der Waals surface area contributed by atoms with Crippen LogP contribution in [0.1, 0.15) is 33.9 Å². The van der Waals surface area contributed by atoms with E-state index in [9.17, 15) is 19.1 Å². The largest absolute Gasteiger partial charge is 0.507 e. The molecule has 46 heavy (non-hydrogen) atoms. The van der Waals surface area contributed by atoms with Crippen LogP contribution in [0.25, 0.3) is 5.76 Å². The van der Waals surface area contributed by atoms with Crippen LogP contribution in [0.2, 0.25) is 0 Å². The number of rotatable bonds is 10. The normalized spacial score (nSPS) is 15.7. The first-order valence-corrected chi connectivity index (χ1v) is 16.1. The number of ketones is 1. The highest BCUT2D eigenvalue weighted by Gasteiger charge is 2.48. The van der Waals surface area contributed by atoms with Crippen LogP contribution in [0.15, 0.2) is 107 Å². The van der Waals surface area contributed by atoms with Crippen LogP contribution in [0.5, 0.6) is 11.5 Å². The van der Waals surface area contributed by atoms with E-state index in [0.29, 0.717) is 44.9 Å². The maximum Gasteiger partial charge on any atom is 0.301 e. The summed E-state index contributed by atoms with van der Waals surface area (Å²) < 4.78 is 25.9. The van der Waals surface area contributed by atoms with Gasteiger partial charge < -0.3 is 14.6 Å². The first-order valence-electron chi connectivity index (χ1n) is 14.3. The molecule has 2 heterocycles. The molecule has 1 aliphatic heterocycles. The molecule has 0 saturated carbocycles. The number of Topliss-reactive ketones (excluding diaryl/α,β-unsaturated/α-hetero) is 1. The van der Waals surface area contributed by atoms with Crippen LogP contribution in [0.3, 0.4) is 0 Å². The second-order valence-electron chi connectivity index (χ2n) is 10.4. The number of benzene rings is 4. The molecule has 1 fully saturated rings. The smallest absolute Gasteiger partial charge is 0.301 e. The molecule has 1 amide bonds. The van der Waals surface area contributed by atoms with Gasteiger partial charge in [-0.2, -0.15) is 0 Å². The van der Waals surface area contributed by atoms with Crippen molar-refractivity contribution in [2.75, 3.05) is 12.0 Å². The van der Waals surface area contributed by atoms with Gasteiger partial charge in [0.2, 0.25) is 5.13 Å². The van der Waals surface area contributed by atoms with Gasteiger partial charge in [-0.15, -0.1) is 10.2 Å². The topological polar surface area (TPSA) is 102 Å². The summed E-state index contributed by atoms with van der Waals surface area (Å²) in [5.74, 6) is -0.865. The van der Waals surface area contributed by atoms with Crippen molar-refractivity contribution in [3.63, 3.8) is 0 Å². The highest BCUT2D eigenvalue weighted by molar-refractivity contribution is 8.00. The number of aryl methyl sites for hydroxylation is 1. The van der Waals surface area contributed by atoms with Crippen LogP contribution in [0, 0.1) is 12.7 Å².